The first-order valence-corrected chi connectivity index (χ1v) is 11.3. The number of carboxylic acids is 1. The summed E-state index contributed by atoms with van der Waals surface area (Å²) in [6, 6.07) is -3.79. The fourth-order valence-electron chi connectivity index (χ4n) is 4.11. The summed E-state index contributed by atoms with van der Waals surface area (Å²) in [5.74, 6) is -3.91. The molecule has 4 atom stereocenters. The predicted molar refractivity (Wildman–Crippen MR) is 121 cm³/mol. The Morgan fingerprint density at radius 2 is 1.79 bits per heavy atom. The quantitative estimate of drug-likeness (QED) is 0.0837. The zero-order valence-corrected chi connectivity index (χ0v) is 19.0. The molecule has 0 spiro atoms. The molecular weight excluding hydrogens is 448 g/mol. The fourth-order valence-corrected chi connectivity index (χ4v) is 4.11. The van der Waals surface area contributed by atoms with Crippen molar-refractivity contribution in [3.05, 3.63) is 0 Å². The van der Waals surface area contributed by atoms with Gasteiger partial charge in [-0.1, -0.05) is 0 Å². The Morgan fingerprint density at radius 1 is 1.06 bits per heavy atom. The van der Waals surface area contributed by atoms with Crippen molar-refractivity contribution in [3.8, 4) is 0 Å². The van der Waals surface area contributed by atoms with Gasteiger partial charge in [0.2, 0.25) is 23.6 Å². The average molecular weight is 483 g/mol. The summed E-state index contributed by atoms with van der Waals surface area (Å²) < 4.78 is 0. The number of aliphatic carboxylic acids is 1. The van der Waals surface area contributed by atoms with Crippen molar-refractivity contribution in [1.82, 2.24) is 20.9 Å². The van der Waals surface area contributed by atoms with Crippen LogP contribution >= 0.6 is 0 Å². The smallest absolute Gasteiger partial charge is 0.326 e. The van der Waals surface area contributed by atoms with Gasteiger partial charge in [0.1, 0.15) is 18.1 Å². The van der Waals surface area contributed by atoms with E-state index in [1.807, 2.05) is 0 Å². The molecule has 2 saturated heterocycles. The van der Waals surface area contributed by atoms with E-state index in [0.717, 1.165) is 13.0 Å². The molecule has 0 aromatic rings. The summed E-state index contributed by atoms with van der Waals surface area (Å²) in [5, 5.41) is 17.3. The van der Waals surface area contributed by atoms with Gasteiger partial charge in [0, 0.05) is 13.1 Å². The molecule has 190 valence electrons. The summed E-state index contributed by atoms with van der Waals surface area (Å²) in [6.45, 7) is 1.32. The molecule has 2 aliphatic heterocycles. The maximum absolute atomic E-state index is 13.0. The highest BCUT2D eigenvalue weighted by molar-refractivity contribution is 5.96. The number of primary amides is 1. The number of carbonyl (C=O) groups excluding carboxylic acids is 4. The lowest BCUT2D eigenvalue weighted by atomic mass is 10.1. The van der Waals surface area contributed by atoms with E-state index in [-0.39, 0.29) is 37.3 Å². The first-order chi connectivity index (χ1) is 16.1. The van der Waals surface area contributed by atoms with E-state index < -0.39 is 48.2 Å². The van der Waals surface area contributed by atoms with Crippen molar-refractivity contribution in [2.75, 3.05) is 19.6 Å². The Kier molecular flexibility index (Phi) is 10.0. The van der Waals surface area contributed by atoms with Crippen LogP contribution in [0, 0.1) is 0 Å². The van der Waals surface area contributed by atoms with Crippen molar-refractivity contribution in [2.24, 2.45) is 22.2 Å². The molecule has 0 aromatic heterocycles. The van der Waals surface area contributed by atoms with Gasteiger partial charge in [0.25, 0.3) is 0 Å². The lowest BCUT2D eigenvalue weighted by Gasteiger charge is -2.28. The molecule has 14 heteroatoms. The molecule has 0 aliphatic carbocycles. The number of hydrogen-bond acceptors (Lipinski definition) is 7. The number of nitrogens with zero attached hydrogens (tertiary/aromatic N) is 2. The highest BCUT2D eigenvalue weighted by Crippen LogP contribution is 2.21. The Hall–Kier alpha value is -3.42. The summed E-state index contributed by atoms with van der Waals surface area (Å²) in [5.41, 5.74) is 15.7. The SMILES string of the molecule is NC(=O)CC(NC(=O)C1CCCN1C(=O)C1CCCN1)C(=O)NC(CCCN=C(N)N)C(=O)O. The topological polar surface area (TPSA) is 235 Å². The standard InChI is InChI=1S/C20H34N8O6/c21-15(29)10-13(16(30)26-12(19(33)34)5-2-8-25-20(22)23)27-17(31)14-6-3-9-28(14)18(32)11-4-1-7-24-11/h11-14,24H,1-10H2,(H2,21,29)(H,26,30)(H,27,31)(H,33,34)(H4,22,23,25). The Bertz CT molecular complexity index is 809. The maximum Gasteiger partial charge on any atom is 0.326 e. The van der Waals surface area contributed by atoms with Crippen molar-refractivity contribution >= 4 is 35.6 Å². The molecule has 2 heterocycles. The largest absolute Gasteiger partial charge is 0.480 e. The number of nitrogens with one attached hydrogen (secondary N) is 3. The van der Waals surface area contributed by atoms with Crippen LogP contribution in [0.25, 0.3) is 0 Å². The monoisotopic (exact) mass is 482 g/mol. The minimum absolute atomic E-state index is 0.0222. The van der Waals surface area contributed by atoms with E-state index in [0.29, 0.717) is 25.8 Å². The molecule has 0 aromatic carbocycles. The Balaban J connectivity index is 2.02. The number of amides is 4. The molecule has 2 aliphatic rings. The van der Waals surface area contributed by atoms with Crippen LogP contribution in [0.15, 0.2) is 4.99 Å². The lowest BCUT2D eigenvalue weighted by Crippen LogP contribution is -2.57. The van der Waals surface area contributed by atoms with Gasteiger partial charge in [-0.05, 0) is 45.1 Å². The maximum atomic E-state index is 13.0. The van der Waals surface area contributed by atoms with Crippen molar-refractivity contribution in [1.29, 1.82) is 0 Å². The lowest BCUT2D eigenvalue weighted by molar-refractivity contribution is -0.143. The molecule has 2 fully saturated rings. The molecular formula is C20H34N8O6. The number of nitrogens with two attached hydrogens (primary N) is 3. The van der Waals surface area contributed by atoms with Gasteiger partial charge in [-0.25, -0.2) is 4.79 Å². The third-order valence-corrected chi connectivity index (χ3v) is 5.80. The number of aliphatic imine (C=N–C) groups is 1. The molecule has 14 nitrogen and oxygen atoms in total. The van der Waals surface area contributed by atoms with Gasteiger partial charge in [-0.3, -0.25) is 24.2 Å². The van der Waals surface area contributed by atoms with E-state index in [1.54, 1.807) is 0 Å². The minimum atomic E-state index is -1.38. The zero-order valence-electron chi connectivity index (χ0n) is 19.0. The van der Waals surface area contributed by atoms with Gasteiger partial charge in [-0.2, -0.15) is 0 Å². The Morgan fingerprint density at radius 3 is 2.38 bits per heavy atom. The van der Waals surface area contributed by atoms with Crippen molar-refractivity contribution < 1.29 is 29.1 Å². The van der Waals surface area contributed by atoms with Crippen LogP contribution in [0.4, 0.5) is 0 Å². The number of rotatable bonds is 12. The number of guanidine groups is 1. The first-order valence-electron chi connectivity index (χ1n) is 11.3. The molecule has 4 amide bonds. The second-order valence-electron chi connectivity index (χ2n) is 8.42. The second kappa shape index (κ2) is 12.7. The van der Waals surface area contributed by atoms with E-state index in [2.05, 4.69) is 20.9 Å². The van der Waals surface area contributed by atoms with Crippen LogP contribution < -0.4 is 33.2 Å². The molecule has 10 N–H and O–H groups in total. The van der Waals surface area contributed by atoms with Crippen LogP contribution in [-0.4, -0.2) is 89.4 Å². The molecule has 0 saturated carbocycles. The van der Waals surface area contributed by atoms with Crippen LogP contribution in [0.3, 0.4) is 0 Å². The van der Waals surface area contributed by atoms with Gasteiger partial charge >= 0.3 is 5.97 Å². The number of likely N-dealkylation sites (tertiary alicyclic amines) is 1. The number of hydrogen-bond donors (Lipinski definition) is 7. The van der Waals surface area contributed by atoms with E-state index >= 15 is 0 Å². The Labute approximate surface area is 197 Å². The third kappa shape index (κ3) is 7.86. The van der Waals surface area contributed by atoms with Gasteiger partial charge in [0.05, 0.1) is 12.5 Å². The van der Waals surface area contributed by atoms with Crippen molar-refractivity contribution in [2.45, 2.75) is 69.1 Å². The van der Waals surface area contributed by atoms with E-state index in [1.165, 1.54) is 4.90 Å². The average Bonchev–Trinajstić information content (AvgIpc) is 3.46. The van der Waals surface area contributed by atoms with Crippen LogP contribution in [0.2, 0.25) is 0 Å². The van der Waals surface area contributed by atoms with E-state index in [9.17, 15) is 29.1 Å². The molecule has 4 unspecified atom stereocenters. The molecule has 2 rings (SSSR count). The first kappa shape index (κ1) is 26.8. The van der Waals surface area contributed by atoms with Gasteiger partial charge < -0.3 is 43.2 Å². The predicted octanol–water partition coefficient (Wildman–Crippen LogP) is -3.29. The minimum Gasteiger partial charge on any atom is -0.480 e. The molecule has 34 heavy (non-hydrogen) atoms. The highest BCUT2D eigenvalue weighted by atomic mass is 16.4. The second-order valence-corrected chi connectivity index (χ2v) is 8.42. The summed E-state index contributed by atoms with van der Waals surface area (Å²) in [7, 11) is 0. The number of carbonyl (C=O) groups is 5. The number of carboxylic acid groups (broad SMARTS) is 1. The van der Waals surface area contributed by atoms with E-state index in [4.69, 9.17) is 17.2 Å². The van der Waals surface area contributed by atoms with Gasteiger partial charge in [0.15, 0.2) is 5.96 Å². The van der Waals surface area contributed by atoms with Crippen LogP contribution in [0.5, 0.6) is 0 Å². The molecule has 0 radical (unpaired) electrons. The molecule has 0 bridgehead atoms. The normalized spacial score (nSPS) is 21.4. The fraction of sp³-hybridized carbons (Fsp3) is 0.700. The van der Waals surface area contributed by atoms with Gasteiger partial charge in [-0.15, -0.1) is 0 Å². The third-order valence-electron chi connectivity index (χ3n) is 5.80. The summed E-state index contributed by atoms with van der Waals surface area (Å²) in [4.78, 5) is 66.8. The highest BCUT2D eigenvalue weighted by Gasteiger charge is 2.39. The van der Waals surface area contributed by atoms with Crippen molar-refractivity contribution in [3.63, 3.8) is 0 Å². The van der Waals surface area contributed by atoms with Crippen LogP contribution in [0.1, 0.15) is 44.9 Å². The summed E-state index contributed by atoms with van der Waals surface area (Å²) in [6.07, 6.45) is 2.38. The summed E-state index contributed by atoms with van der Waals surface area (Å²) >= 11 is 0. The zero-order chi connectivity index (χ0) is 25.3. The van der Waals surface area contributed by atoms with Crippen LogP contribution in [-0.2, 0) is 24.0 Å².